The molecule has 3 aliphatic rings. The largest absolute Gasteiger partial charge is 0.394 e. The third kappa shape index (κ3) is 2.18. The van der Waals surface area contributed by atoms with Gasteiger partial charge in [0.25, 0.3) is 0 Å². The first kappa shape index (κ1) is 15.2. The van der Waals surface area contributed by atoms with Crippen LogP contribution in [0.4, 0.5) is 0 Å². The van der Waals surface area contributed by atoms with Gasteiger partial charge in [-0.1, -0.05) is 0 Å². The SMILES string of the molecule is C[C@@]1(O)[C@H](O)[C@@H](CO)O[C@H]1C1CC(I)=C2C(N)=NC=NN21. The van der Waals surface area contributed by atoms with Crippen molar-refractivity contribution in [3.63, 3.8) is 0 Å². The first-order chi connectivity index (χ1) is 9.87. The Kier molecular flexibility index (Phi) is 3.72. The average Bonchev–Trinajstić information content (AvgIpc) is 2.87. The van der Waals surface area contributed by atoms with Crippen LogP contribution in [-0.2, 0) is 4.74 Å². The van der Waals surface area contributed by atoms with Crippen molar-refractivity contribution in [2.45, 2.75) is 43.3 Å². The fourth-order valence-electron chi connectivity index (χ4n) is 3.06. The molecule has 0 spiro atoms. The second kappa shape index (κ2) is 5.16. The number of aliphatic imine (C=N–C) groups is 1. The summed E-state index contributed by atoms with van der Waals surface area (Å²) in [5, 5.41) is 35.8. The van der Waals surface area contributed by atoms with Gasteiger partial charge in [-0.05, 0) is 29.5 Å². The molecule has 3 heterocycles. The van der Waals surface area contributed by atoms with Gasteiger partial charge in [-0.15, -0.1) is 0 Å². The Labute approximate surface area is 135 Å². The van der Waals surface area contributed by atoms with Gasteiger partial charge in [0.05, 0.1) is 12.6 Å². The van der Waals surface area contributed by atoms with E-state index in [0.717, 1.165) is 3.58 Å². The Bertz CT molecular complexity index is 547. The molecule has 8 nitrogen and oxygen atoms in total. The van der Waals surface area contributed by atoms with E-state index in [1.165, 1.54) is 13.3 Å². The second-order valence-corrected chi connectivity index (χ2v) is 6.87. The van der Waals surface area contributed by atoms with Gasteiger partial charge in [0.2, 0.25) is 0 Å². The highest BCUT2D eigenvalue weighted by Crippen LogP contribution is 2.43. The predicted octanol–water partition coefficient (Wildman–Crippen LogP) is -1.11. The van der Waals surface area contributed by atoms with E-state index in [1.54, 1.807) is 5.01 Å². The number of aliphatic hydroxyl groups is 3. The fourth-order valence-corrected chi connectivity index (χ4v) is 4.04. The standard InChI is InChI=1S/C12H17IN4O4/c1-12(20)9(19)7(3-18)21-10(12)6-2-5(13)8-11(14)15-4-16-17(6)8/h4,6-7,9-10,18-20H,2-3H2,1H3,(H2,14,15,16)/t6?,7-,9-,10+,12-/m1/s1. The normalized spacial score (nSPS) is 42.5. The zero-order chi connectivity index (χ0) is 15.4. The maximum Gasteiger partial charge on any atom is 0.151 e. The van der Waals surface area contributed by atoms with E-state index in [0.29, 0.717) is 18.0 Å². The van der Waals surface area contributed by atoms with E-state index >= 15 is 0 Å². The summed E-state index contributed by atoms with van der Waals surface area (Å²) in [6, 6.07) is -0.307. The quantitative estimate of drug-likeness (QED) is 0.430. The third-order valence-corrected chi connectivity index (χ3v) is 5.13. The van der Waals surface area contributed by atoms with Crippen molar-refractivity contribution >= 4 is 34.8 Å². The van der Waals surface area contributed by atoms with Crippen molar-refractivity contribution in [2.75, 3.05) is 6.61 Å². The van der Waals surface area contributed by atoms with Crippen molar-refractivity contribution in [2.24, 2.45) is 15.8 Å². The van der Waals surface area contributed by atoms with Gasteiger partial charge in [0.15, 0.2) is 5.84 Å². The molecule has 0 aliphatic carbocycles. The monoisotopic (exact) mass is 408 g/mol. The van der Waals surface area contributed by atoms with Crippen molar-refractivity contribution in [1.82, 2.24) is 5.01 Å². The van der Waals surface area contributed by atoms with Gasteiger partial charge in [-0.25, -0.2) is 4.99 Å². The van der Waals surface area contributed by atoms with Crippen LogP contribution in [0.25, 0.3) is 0 Å². The third-order valence-electron chi connectivity index (χ3n) is 4.18. The van der Waals surface area contributed by atoms with Crippen LogP contribution < -0.4 is 5.73 Å². The van der Waals surface area contributed by atoms with Crippen LogP contribution in [0, 0.1) is 0 Å². The summed E-state index contributed by atoms with van der Waals surface area (Å²) in [4.78, 5) is 3.97. The molecule has 116 valence electrons. The number of nitrogens with two attached hydrogens (primary N) is 1. The molecule has 5 N–H and O–H groups in total. The molecule has 0 saturated carbocycles. The van der Waals surface area contributed by atoms with E-state index in [9.17, 15) is 15.3 Å². The van der Waals surface area contributed by atoms with E-state index in [2.05, 4.69) is 32.7 Å². The lowest BCUT2D eigenvalue weighted by molar-refractivity contribution is -0.0876. The molecule has 3 rings (SSSR count). The van der Waals surface area contributed by atoms with Crippen LogP contribution in [0.15, 0.2) is 19.4 Å². The van der Waals surface area contributed by atoms with Crippen LogP contribution in [0.5, 0.6) is 0 Å². The Hall–Kier alpha value is -0.750. The first-order valence-corrected chi connectivity index (χ1v) is 7.66. The predicted molar refractivity (Wildman–Crippen MR) is 83.8 cm³/mol. The molecule has 3 aliphatic heterocycles. The number of fused-ring (bicyclic) bond motifs is 1. The number of hydrogen-bond donors (Lipinski definition) is 4. The van der Waals surface area contributed by atoms with Gasteiger partial charge in [-0.3, -0.25) is 5.01 Å². The summed E-state index contributed by atoms with van der Waals surface area (Å²) >= 11 is 2.17. The zero-order valence-electron chi connectivity index (χ0n) is 11.3. The highest BCUT2D eigenvalue weighted by molar-refractivity contribution is 14.1. The van der Waals surface area contributed by atoms with Crippen LogP contribution in [0.1, 0.15) is 13.3 Å². The first-order valence-electron chi connectivity index (χ1n) is 6.58. The smallest absolute Gasteiger partial charge is 0.151 e. The number of nitrogens with zero attached hydrogens (tertiary/aromatic N) is 3. The lowest BCUT2D eigenvalue weighted by atomic mass is 9.88. The molecule has 0 aromatic carbocycles. The van der Waals surface area contributed by atoms with Gasteiger partial charge in [-0.2, -0.15) is 5.10 Å². The molecule has 0 bridgehead atoms. The number of amidine groups is 1. The minimum absolute atomic E-state index is 0.307. The molecule has 0 amide bonds. The number of halogens is 1. The molecule has 5 atom stereocenters. The van der Waals surface area contributed by atoms with E-state index in [4.69, 9.17) is 10.5 Å². The van der Waals surface area contributed by atoms with Crippen LogP contribution in [-0.4, -0.2) is 69.1 Å². The van der Waals surface area contributed by atoms with E-state index in [-0.39, 0.29) is 12.6 Å². The van der Waals surface area contributed by atoms with Crippen molar-refractivity contribution < 1.29 is 20.1 Å². The zero-order valence-corrected chi connectivity index (χ0v) is 13.5. The Morgan fingerprint density at radius 1 is 1.62 bits per heavy atom. The minimum Gasteiger partial charge on any atom is -0.394 e. The van der Waals surface area contributed by atoms with Crippen molar-refractivity contribution in [1.29, 1.82) is 0 Å². The van der Waals surface area contributed by atoms with Gasteiger partial charge in [0, 0.05) is 10.0 Å². The number of hydrazone groups is 1. The number of aliphatic hydroxyl groups excluding tert-OH is 2. The molecule has 0 radical (unpaired) electrons. The summed E-state index contributed by atoms with van der Waals surface area (Å²) in [5.74, 6) is 0.369. The maximum absolute atomic E-state index is 10.6. The number of rotatable bonds is 2. The molecule has 9 heteroatoms. The summed E-state index contributed by atoms with van der Waals surface area (Å²) in [6.45, 7) is 1.15. The Morgan fingerprint density at radius 2 is 2.33 bits per heavy atom. The van der Waals surface area contributed by atoms with Gasteiger partial charge in [0.1, 0.15) is 35.9 Å². The summed E-state index contributed by atoms with van der Waals surface area (Å²) in [7, 11) is 0. The number of ether oxygens (including phenoxy) is 1. The molecule has 21 heavy (non-hydrogen) atoms. The molecule has 1 fully saturated rings. The van der Waals surface area contributed by atoms with E-state index < -0.39 is 23.9 Å². The lowest BCUT2D eigenvalue weighted by Gasteiger charge is -2.35. The topological polar surface area (TPSA) is 124 Å². The molecular formula is C12H17IN4O4. The van der Waals surface area contributed by atoms with Gasteiger partial charge < -0.3 is 25.8 Å². The summed E-state index contributed by atoms with van der Waals surface area (Å²) in [5.41, 5.74) is 5.11. The van der Waals surface area contributed by atoms with Crippen molar-refractivity contribution in [3.8, 4) is 0 Å². The van der Waals surface area contributed by atoms with Gasteiger partial charge >= 0.3 is 0 Å². The lowest BCUT2D eigenvalue weighted by Crippen LogP contribution is -2.53. The summed E-state index contributed by atoms with van der Waals surface area (Å²) in [6.07, 6.45) is -0.740. The van der Waals surface area contributed by atoms with Crippen LogP contribution >= 0.6 is 22.6 Å². The van der Waals surface area contributed by atoms with Crippen LogP contribution in [0.2, 0.25) is 0 Å². The Morgan fingerprint density at radius 3 is 2.95 bits per heavy atom. The molecule has 0 aromatic rings. The molecular weight excluding hydrogens is 391 g/mol. The highest BCUT2D eigenvalue weighted by atomic mass is 127. The second-order valence-electron chi connectivity index (χ2n) is 5.56. The van der Waals surface area contributed by atoms with Crippen LogP contribution in [0.3, 0.4) is 0 Å². The minimum atomic E-state index is -1.48. The summed E-state index contributed by atoms with van der Waals surface area (Å²) < 4.78 is 6.65. The fraction of sp³-hybridized carbons (Fsp3) is 0.667. The molecule has 1 saturated heterocycles. The Balaban J connectivity index is 1.90. The average molecular weight is 408 g/mol. The van der Waals surface area contributed by atoms with E-state index in [1.807, 2.05) is 0 Å². The highest BCUT2D eigenvalue weighted by Gasteiger charge is 2.57. The molecule has 1 unspecified atom stereocenters. The maximum atomic E-state index is 10.6. The molecule has 0 aromatic heterocycles. The number of hydrogen-bond acceptors (Lipinski definition) is 8. The van der Waals surface area contributed by atoms with Crippen molar-refractivity contribution in [3.05, 3.63) is 9.28 Å².